The molecule has 0 aliphatic heterocycles. The van der Waals surface area contributed by atoms with Crippen LogP contribution >= 0.6 is 0 Å². The van der Waals surface area contributed by atoms with Gasteiger partial charge in [-0.1, -0.05) is 62.7 Å². The fourth-order valence-electron chi connectivity index (χ4n) is 2.71. The molecule has 0 heterocycles. The van der Waals surface area contributed by atoms with Crippen molar-refractivity contribution in [2.45, 2.75) is 46.3 Å². The second-order valence-electron chi connectivity index (χ2n) is 6.55. The summed E-state index contributed by atoms with van der Waals surface area (Å²) in [5.74, 6) is 0.797. The lowest BCUT2D eigenvalue weighted by Crippen LogP contribution is -2.03. The van der Waals surface area contributed by atoms with E-state index in [4.69, 9.17) is 4.74 Å². The Bertz CT molecular complexity index is 575. The van der Waals surface area contributed by atoms with Gasteiger partial charge in [-0.2, -0.15) is 0 Å². The lowest BCUT2D eigenvalue weighted by atomic mass is 10.0. The Morgan fingerprint density at radius 2 is 1.65 bits per heavy atom. The molecule has 0 aliphatic carbocycles. The standard InChI is InChI=1S/C21H29NO/c1-17(2)7-6-8-18-11-13-19(14-12-18)15-22-21-10-5-4-9-20(21)16-23-3/h4-5,9-14,17,22H,6-8,15-16H2,1-3H3. The molecule has 0 fully saturated rings. The number of anilines is 1. The molecule has 2 aromatic carbocycles. The molecule has 0 unspecified atom stereocenters. The van der Waals surface area contributed by atoms with E-state index < -0.39 is 0 Å². The number of hydrogen-bond donors (Lipinski definition) is 1. The van der Waals surface area contributed by atoms with Crippen LogP contribution in [0.15, 0.2) is 48.5 Å². The number of para-hydroxylation sites is 1. The van der Waals surface area contributed by atoms with Gasteiger partial charge < -0.3 is 10.1 Å². The molecular formula is C21H29NO. The molecule has 23 heavy (non-hydrogen) atoms. The van der Waals surface area contributed by atoms with Crippen LogP contribution < -0.4 is 5.32 Å². The third-order valence-electron chi connectivity index (χ3n) is 4.07. The summed E-state index contributed by atoms with van der Waals surface area (Å²) >= 11 is 0. The maximum absolute atomic E-state index is 5.25. The molecule has 2 aromatic rings. The van der Waals surface area contributed by atoms with E-state index in [1.165, 1.54) is 36.0 Å². The summed E-state index contributed by atoms with van der Waals surface area (Å²) < 4.78 is 5.25. The highest BCUT2D eigenvalue weighted by Gasteiger charge is 2.02. The lowest BCUT2D eigenvalue weighted by molar-refractivity contribution is 0.185. The van der Waals surface area contributed by atoms with Crippen molar-refractivity contribution in [3.05, 3.63) is 65.2 Å². The van der Waals surface area contributed by atoms with Gasteiger partial charge in [-0.3, -0.25) is 0 Å². The summed E-state index contributed by atoms with van der Waals surface area (Å²) in [7, 11) is 1.73. The van der Waals surface area contributed by atoms with Crippen LogP contribution in [0.1, 0.15) is 43.4 Å². The number of benzene rings is 2. The van der Waals surface area contributed by atoms with Crippen LogP contribution in [0.3, 0.4) is 0 Å². The molecule has 0 radical (unpaired) electrons. The van der Waals surface area contributed by atoms with Gasteiger partial charge >= 0.3 is 0 Å². The van der Waals surface area contributed by atoms with Gasteiger partial charge in [-0.05, 0) is 36.0 Å². The molecule has 0 atom stereocenters. The minimum absolute atomic E-state index is 0.637. The highest BCUT2D eigenvalue weighted by Crippen LogP contribution is 2.17. The number of hydrogen-bond acceptors (Lipinski definition) is 2. The van der Waals surface area contributed by atoms with E-state index in [-0.39, 0.29) is 0 Å². The van der Waals surface area contributed by atoms with Crippen LogP contribution in [0.5, 0.6) is 0 Å². The SMILES string of the molecule is COCc1ccccc1NCc1ccc(CCCC(C)C)cc1. The Labute approximate surface area is 140 Å². The zero-order valence-electron chi connectivity index (χ0n) is 14.6. The predicted octanol–water partition coefficient (Wildman–Crippen LogP) is 5.42. The molecule has 0 bridgehead atoms. The molecule has 0 aliphatic rings. The zero-order valence-corrected chi connectivity index (χ0v) is 14.6. The largest absolute Gasteiger partial charge is 0.381 e. The highest BCUT2D eigenvalue weighted by atomic mass is 16.5. The Morgan fingerprint density at radius 3 is 2.35 bits per heavy atom. The summed E-state index contributed by atoms with van der Waals surface area (Å²) in [5.41, 5.74) is 5.09. The second-order valence-corrected chi connectivity index (χ2v) is 6.55. The van der Waals surface area contributed by atoms with E-state index in [0.29, 0.717) is 6.61 Å². The van der Waals surface area contributed by atoms with E-state index in [9.17, 15) is 0 Å². The first-order valence-corrected chi connectivity index (χ1v) is 8.57. The fraction of sp³-hybridized carbons (Fsp3) is 0.429. The summed E-state index contributed by atoms with van der Waals surface area (Å²) in [6.45, 7) is 6.05. The van der Waals surface area contributed by atoms with E-state index in [2.05, 4.69) is 61.6 Å². The van der Waals surface area contributed by atoms with Crippen LogP contribution in [-0.4, -0.2) is 7.11 Å². The molecule has 2 rings (SSSR count). The van der Waals surface area contributed by atoms with Gasteiger partial charge in [0.1, 0.15) is 0 Å². The predicted molar refractivity (Wildman–Crippen MR) is 98.7 cm³/mol. The lowest BCUT2D eigenvalue weighted by Gasteiger charge is -2.12. The van der Waals surface area contributed by atoms with E-state index in [0.717, 1.165) is 18.2 Å². The summed E-state index contributed by atoms with van der Waals surface area (Å²) in [4.78, 5) is 0. The van der Waals surface area contributed by atoms with E-state index in [1.54, 1.807) is 7.11 Å². The Hall–Kier alpha value is -1.80. The molecular weight excluding hydrogens is 282 g/mol. The van der Waals surface area contributed by atoms with E-state index >= 15 is 0 Å². The van der Waals surface area contributed by atoms with Gasteiger partial charge in [-0.25, -0.2) is 0 Å². The first kappa shape index (κ1) is 17.6. The molecule has 2 heteroatoms. The van der Waals surface area contributed by atoms with Crippen molar-refractivity contribution in [1.82, 2.24) is 0 Å². The van der Waals surface area contributed by atoms with Crippen LogP contribution in [0.25, 0.3) is 0 Å². The minimum atomic E-state index is 0.637. The van der Waals surface area contributed by atoms with Crippen molar-refractivity contribution < 1.29 is 4.74 Å². The quantitative estimate of drug-likeness (QED) is 0.667. The smallest absolute Gasteiger partial charge is 0.0733 e. The Morgan fingerprint density at radius 1 is 0.957 bits per heavy atom. The van der Waals surface area contributed by atoms with Crippen molar-refractivity contribution in [3.8, 4) is 0 Å². The molecule has 0 aromatic heterocycles. The highest BCUT2D eigenvalue weighted by molar-refractivity contribution is 5.51. The first-order chi connectivity index (χ1) is 11.2. The van der Waals surface area contributed by atoms with Crippen LogP contribution in [0.4, 0.5) is 5.69 Å². The van der Waals surface area contributed by atoms with Gasteiger partial charge in [0.25, 0.3) is 0 Å². The average molecular weight is 311 g/mol. The number of methoxy groups -OCH3 is 1. The maximum atomic E-state index is 5.25. The third kappa shape index (κ3) is 6.07. The summed E-state index contributed by atoms with van der Waals surface area (Å²) in [5, 5.41) is 3.51. The first-order valence-electron chi connectivity index (χ1n) is 8.57. The van der Waals surface area contributed by atoms with Crippen LogP contribution in [0.2, 0.25) is 0 Å². The van der Waals surface area contributed by atoms with Crippen LogP contribution in [0, 0.1) is 5.92 Å². The molecule has 2 nitrogen and oxygen atoms in total. The normalized spacial score (nSPS) is 11.0. The molecule has 124 valence electrons. The Kier molecular flexibility index (Phi) is 7.15. The monoisotopic (exact) mass is 311 g/mol. The van der Waals surface area contributed by atoms with Gasteiger partial charge in [-0.15, -0.1) is 0 Å². The van der Waals surface area contributed by atoms with Crippen LogP contribution in [-0.2, 0) is 24.3 Å². The summed E-state index contributed by atoms with van der Waals surface area (Å²) in [6.07, 6.45) is 3.77. The molecule has 0 amide bonds. The van der Waals surface area contributed by atoms with Gasteiger partial charge in [0.15, 0.2) is 0 Å². The topological polar surface area (TPSA) is 21.3 Å². The van der Waals surface area contributed by atoms with Gasteiger partial charge in [0.2, 0.25) is 0 Å². The second kappa shape index (κ2) is 9.36. The number of ether oxygens (including phenoxy) is 1. The van der Waals surface area contributed by atoms with E-state index in [1.807, 2.05) is 6.07 Å². The Balaban J connectivity index is 1.86. The van der Waals surface area contributed by atoms with Gasteiger partial charge in [0, 0.05) is 24.9 Å². The third-order valence-corrected chi connectivity index (χ3v) is 4.07. The summed E-state index contributed by atoms with van der Waals surface area (Å²) in [6, 6.07) is 17.3. The molecule has 0 saturated heterocycles. The van der Waals surface area contributed by atoms with Crippen molar-refractivity contribution in [1.29, 1.82) is 0 Å². The molecule has 0 saturated carbocycles. The van der Waals surface area contributed by atoms with Crippen molar-refractivity contribution in [2.75, 3.05) is 12.4 Å². The minimum Gasteiger partial charge on any atom is -0.381 e. The van der Waals surface area contributed by atoms with Crippen molar-refractivity contribution in [2.24, 2.45) is 5.92 Å². The van der Waals surface area contributed by atoms with Gasteiger partial charge in [0.05, 0.1) is 6.61 Å². The number of aryl methyl sites for hydroxylation is 1. The maximum Gasteiger partial charge on any atom is 0.0733 e. The zero-order chi connectivity index (χ0) is 16.5. The number of rotatable bonds is 9. The van der Waals surface area contributed by atoms with Crippen molar-refractivity contribution >= 4 is 5.69 Å². The number of nitrogens with one attached hydrogen (secondary N) is 1. The molecule has 1 N–H and O–H groups in total. The molecule has 0 spiro atoms. The fourth-order valence-corrected chi connectivity index (χ4v) is 2.71. The van der Waals surface area contributed by atoms with Crippen molar-refractivity contribution in [3.63, 3.8) is 0 Å². The average Bonchev–Trinajstić information content (AvgIpc) is 2.55.